The van der Waals surface area contributed by atoms with Gasteiger partial charge in [-0.2, -0.15) is 0 Å². The van der Waals surface area contributed by atoms with Crippen molar-refractivity contribution in [3.8, 4) is 0 Å². The molecule has 0 aromatic carbocycles. The number of hydrogen-bond donors (Lipinski definition) is 1. The topological polar surface area (TPSA) is 85.2 Å². The van der Waals surface area contributed by atoms with E-state index in [0.29, 0.717) is 19.7 Å². The summed E-state index contributed by atoms with van der Waals surface area (Å²) in [6, 6.07) is 0. The molecule has 2 aliphatic heterocycles. The Morgan fingerprint density at radius 2 is 2.18 bits per heavy atom. The van der Waals surface area contributed by atoms with Gasteiger partial charge in [-0.1, -0.05) is 6.42 Å². The molecule has 1 fully saturated rings. The Kier molecular flexibility index (Phi) is 6.04. The molecule has 1 saturated heterocycles. The molecule has 2 aromatic rings. The quantitative estimate of drug-likeness (QED) is 0.764. The van der Waals surface area contributed by atoms with E-state index < -0.39 is 0 Å². The number of anilines is 1. The number of amides is 1. The number of aryl methyl sites for hydroxylation is 2. The van der Waals surface area contributed by atoms with Crippen LogP contribution in [0.2, 0.25) is 0 Å². The Hall–Kier alpha value is -2.22. The highest BCUT2D eigenvalue weighted by Crippen LogP contribution is 2.29. The van der Waals surface area contributed by atoms with E-state index in [4.69, 9.17) is 9.72 Å². The summed E-state index contributed by atoms with van der Waals surface area (Å²) in [6.45, 7) is 3.90. The second-order valence-electron chi connectivity index (χ2n) is 7.78. The molecule has 0 spiro atoms. The summed E-state index contributed by atoms with van der Waals surface area (Å²) in [5, 5.41) is 3.04. The molecule has 1 N–H and O–H groups in total. The summed E-state index contributed by atoms with van der Waals surface area (Å²) < 4.78 is 7.31. The van der Waals surface area contributed by atoms with E-state index in [1.54, 1.807) is 13.4 Å². The first-order valence-corrected chi connectivity index (χ1v) is 10.5. The zero-order chi connectivity index (χ0) is 19.3. The van der Waals surface area contributed by atoms with Gasteiger partial charge in [0, 0.05) is 46.3 Å². The molecular weight excluding hydrogens is 356 g/mol. The molecule has 1 atom stereocenters. The van der Waals surface area contributed by atoms with Crippen LogP contribution >= 0.6 is 0 Å². The van der Waals surface area contributed by atoms with Gasteiger partial charge in [0.2, 0.25) is 5.91 Å². The fraction of sp³-hybridized carbons (Fsp3) is 0.700. The van der Waals surface area contributed by atoms with Crippen LogP contribution in [0.3, 0.4) is 0 Å². The number of carbonyl (C=O) groups is 1. The summed E-state index contributed by atoms with van der Waals surface area (Å²) in [4.78, 5) is 28.8. The Morgan fingerprint density at radius 1 is 1.25 bits per heavy atom. The van der Waals surface area contributed by atoms with Crippen molar-refractivity contribution in [2.75, 3.05) is 38.3 Å². The number of rotatable bonds is 6. The predicted molar refractivity (Wildman–Crippen MR) is 107 cm³/mol. The third kappa shape index (κ3) is 3.97. The summed E-state index contributed by atoms with van der Waals surface area (Å²) in [5.41, 5.74) is 1.83. The van der Waals surface area contributed by atoms with Crippen LogP contribution in [-0.2, 0) is 22.5 Å². The van der Waals surface area contributed by atoms with Gasteiger partial charge in [-0.15, -0.1) is 0 Å². The molecule has 2 aromatic heterocycles. The van der Waals surface area contributed by atoms with E-state index in [0.717, 1.165) is 61.6 Å². The molecule has 1 amide bonds. The van der Waals surface area contributed by atoms with E-state index in [2.05, 4.69) is 24.8 Å². The summed E-state index contributed by atoms with van der Waals surface area (Å²) in [6.07, 6.45) is 8.99. The standard InChI is InChI=1S/C20H30N6O2/c1-28-12-6-9-21-20(27)15-7-5-10-25(13-15)18-17-19(23-14-22-18)26-11-4-2-3-8-16(26)24-17/h14-15H,2-13H2,1H3,(H,21,27)/t15-/m0/s1. The van der Waals surface area contributed by atoms with Crippen LogP contribution in [0, 0.1) is 5.92 Å². The first-order chi connectivity index (χ1) is 13.8. The van der Waals surface area contributed by atoms with Gasteiger partial charge in [0.05, 0.1) is 5.92 Å². The molecular formula is C20H30N6O2. The number of hydrogen-bond acceptors (Lipinski definition) is 6. The molecule has 0 saturated carbocycles. The third-order valence-electron chi connectivity index (χ3n) is 5.79. The van der Waals surface area contributed by atoms with Gasteiger partial charge in [0.15, 0.2) is 17.0 Å². The Balaban J connectivity index is 1.50. The second-order valence-corrected chi connectivity index (χ2v) is 7.78. The SMILES string of the molecule is COCCCNC(=O)[C@H]1CCCN(c2ncnc3c2nc2n3CCCCC2)C1. The summed E-state index contributed by atoms with van der Waals surface area (Å²) in [7, 11) is 1.68. The normalized spacial score (nSPS) is 20.0. The number of aromatic nitrogens is 4. The summed E-state index contributed by atoms with van der Waals surface area (Å²) >= 11 is 0. The lowest BCUT2D eigenvalue weighted by molar-refractivity contribution is -0.125. The molecule has 8 nitrogen and oxygen atoms in total. The molecule has 28 heavy (non-hydrogen) atoms. The van der Waals surface area contributed by atoms with Crippen molar-refractivity contribution in [1.82, 2.24) is 24.8 Å². The number of ether oxygens (including phenoxy) is 1. The smallest absolute Gasteiger partial charge is 0.224 e. The van der Waals surface area contributed by atoms with Crippen molar-refractivity contribution in [3.05, 3.63) is 12.2 Å². The zero-order valence-electron chi connectivity index (χ0n) is 16.7. The number of imidazole rings is 1. The lowest BCUT2D eigenvalue weighted by atomic mass is 9.97. The minimum absolute atomic E-state index is 0.0123. The van der Waals surface area contributed by atoms with Gasteiger partial charge in [-0.3, -0.25) is 4.79 Å². The average Bonchev–Trinajstić information content (AvgIpc) is 2.92. The van der Waals surface area contributed by atoms with Crippen molar-refractivity contribution in [2.24, 2.45) is 5.92 Å². The largest absolute Gasteiger partial charge is 0.385 e. The van der Waals surface area contributed by atoms with Crippen molar-refractivity contribution >= 4 is 22.9 Å². The molecule has 4 rings (SSSR count). The molecule has 152 valence electrons. The number of fused-ring (bicyclic) bond motifs is 3. The number of carbonyl (C=O) groups excluding carboxylic acids is 1. The van der Waals surface area contributed by atoms with Gasteiger partial charge in [0.1, 0.15) is 12.2 Å². The third-order valence-corrected chi connectivity index (χ3v) is 5.79. The Bertz CT molecular complexity index is 820. The van der Waals surface area contributed by atoms with E-state index >= 15 is 0 Å². The van der Waals surface area contributed by atoms with Crippen molar-refractivity contribution in [3.63, 3.8) is 0 Å². The zero-order valence-corrected chi connectivity index (χ0v) is 16.7. The molecule has 0 unspecified atom stereocenters. The Labute approximate surface area is 165 Å². The lowest BCUT2D eigenvalue weighted by Crippen LogP contribution is -2.43. The highest BCUT2D eigenvalue weighted by molar-refractivity contribution is 5.85. The lowest BCUT2D eigenvalue weighted by Gasteiger charge is -2.32. The van der Waals surface area contributed by atoms with E-state index in [9.17, 15) is 4.79 Å². The number of nitrogens with one attached hydrogen (secondary N) is 1. The predicted octanol–water partition coefficient (Wildman–Crippen LogP) is 1.92. The van der Waals surface area contributed by atoms with Gasteiger partial charge < -0.3 is 19.5 Å². The van der Waals surface area contributed by atoms with Crippen LogP contribution in [0.1, 0.15) is 44.3 Å². The molecule has 4 heterocycles. The maximum absolute atomic E-state index is 12.6. The minimum atomic E-state index is -0.0123. The highest BCUT2D eigenvalue weighted by atomic mass is 16.5. The van der Waals surface area contributed by atoms with E-state index in [-0.39, 0.29) is 11.8 Å². The van der Waals surface area contributed by atoms with E-state index in [1.165, 1.54) is 19.3 Å². The minimum Gasteiger partial charge on any atom is -0.385 e. The van der Waals surface area contributed by atoms with Crippen molar-refractivity contribution in [1.29, 1.82) is 0 Å². The number of piperidine rings is 1. The fourth-order valence-electron chi connectivity index (χ4n) is 4.31. The molecule has 2 aliphatic rings. The summed E-state index contributed by atoms with van der Waals surface area (Å²) in [5.74, 6) is 2.12. The first kappa shape index (κ1) is 19.1. The number of methoxy groups -OCH3 is 1. The maximum Gasteiger partial charge on any atom is 0.224 e. The van der Waals surface area contributed by atoms with Gasteiger partial charge in [0.25, 0.3) is 0 Å². The van der Waals surface area contributed by atoms with Crippen molar-refractivity contribution < 1.29 is 9.53 Å². The van der Waals surface area contributed by atoms with Gasteiger partial charge >= 0.3 is 0 Å². The van der Waals surface area contributed by atoms with Crippen molar-refractivity contribution in [2.45, 2.75) is 51.5 Å². The van der Waals surface area contributed by atoms with Gasteiger partial charge in [-0.25, -0.2) is 15.0 Å². The monoisotopic (exact) mass is 386 g/mol. The Morgan fingerprint density at radius 3 is 3.07 bits per heavy atom. The fourth-order valence-corrected chi connectivity index (χ4v) is 4.31. The second kappa shape index (κ2) is 8.86. The van der Waals surface area contributed by atoms with Crippen LogP contribution in [0.4, 0.5) is 5.82 Å². The van der Waals surface area contributed by atoms with E-state index in [1.807, 2.05) is 0 Å². The van der Waals surface area contributed by atoms with Crippen LogP contribution in [-0.4, -0.2) is 58.8 Å². The van der Waals surface area contributed by atoms with Crippen LogP contribution in [0.25, 0.3) is 11.2 Å². The molecule has 0 aliphatic carbocycles. The molecule has 0 bridgehead atoms. The maximum atomic E-state index is 12.6. The van der Waals surface area contributed by atoms with Gasteiger partial charge in [-0.05, 0) is 32.1 Å². The molecule has 0 radical (unpaired) electrons. The van der Waals surface area contributed by atoms with Crippen LogP contribution in [0.5, 0.6) is 0 Å². The number of nitrogens with zero attached hydrogens (tertiary/aromatic N) is 5. The highest BCUT2D eigenvalue weighted by Gasteiger charge is 2.28. The van der Waals surface area contributed by atoms with Crippen LogP contribution < -0.4 is 10.2 Å². The molecule has 8 heteroatoms. The van der Waals surface area contributed by atoms with Crippen LogP contribution in [0.15, 0.2) is 6.33 Å². The first-order valence-electron chi connectivity index (χ1n) is 10.5. The average molecular weight is 387 g/mol.